The monoisotopic (exact) mass is 322 g/mol. The Morgan fingerprint density at radius 1 is 1.23 bits per heavy atom. The molecule has 3 rings (SSSR count). The summed E-state index contributed by atoms with van der Waals surface area (Å²) < 4.78 is 4.40. The number of anilines is 1. The smallest absolute Gasteiger partial charge is 0.219 e. The minimum atomic E-state index is 0.257. The molecule has 2 heterocycles. The van der Waals surface area contributed by atoms with Crippen molar-refractivity contribution < 1.29 is 4.79 Å². The van der Waals surface area contributed by atoms with Crippen LogP contribution in [-0.2, 0) is 11.2 Å². The molecule has 1 aliphatic heterocycles. The van der Waals surface area contributed by atoms with Crippen molar-refractivity contribution in [1.82, 2.24) is 14.3 Å². The van der Waals surface area contributed by atoms with Crippen LogP contribution in [-0.4, -0.2) is 45.3 Å². The van der Waals surface area contributed by atoms with Gasteiger partial charge in [-0.05, 0) is 38.5 Å². The molecule has 122 valence electrons. The van der Waals surface area contributed by atoms with Gasteiger partial charge in [-0.1, -0.05) is 6.92 Å². The van der Waals surface area contributed by atoms with E-state index in [0.717, 1.165) is 49.7 Å². The lowest BCUT2D eigenvalue weighted by Gasteiger charge is -2.42. The fourth-order valence-electron chi connectivity index (χ4n) is 3.54. The maximum atomic E-state index is 12.1. The first-order valence-electron chi connectivity index (χ1n) is 8.55. The first kappa shape index (κ1) is 15.7. The molecule has 0 aromatic carbocycles. The van der Waals surface area contributed by atoms with Gasteiger partial charge in [0.2, 0.25) is 11.0 Å². The number of carbonyl (C=O) groups excluding carboxylic acids is 1. The molecule has 1 amide bonds. The van der Waals surface area contributed by atoms with Crippen molar-refractivity contribution in [3.63, 3.8) is 0 Å². The summed E-state index contributed by atoms with van der Waals surface area (Å²) >= 11 is 1.51. The van der Waals surface area contributed by atoms with Gasteiger partial charge in [0, 0.05) is 50.1 Å². The second-order valence-electron chi connectivity index (χ2n) is 6.43. The van der Waals surface area contributed by atoms with E-state index >= 15 is 0 Å². The van der Waals surface area contributed by atoms with Crippen LogP contribution in [0.15, 0.2) is 0 Å². The fourth-order valence-corrected chi connectivity index (χ4v) is 4.34. The molecule has 22 heavy (non-hydrogen) atoms. The highest BCUT2D eigenvalue weighted by Gasteiger charge is 2.33. The van der Waals surface area contributed by atoms with E-state index in [9.17, 15) is 4.79 Å². The highest BCUT2D eigenvalue weighted by molar-refractivity contribution is 7.09. The molecule has 6 heteroatoms. The van der Waals surface area contributed by atoms with E-state index in [1.54, 1.807) is 6.92 Å². The minimum absolute atomic E-state index is 0.257. The van der Waals surface area contributed by atoms with Gasteiger partial charge >= 0.3 is 0 Å². The second kappa shape index (κ2) is 6.94. The molecule has 1 saturated carbocycles. The predicted molar refractivity (Wildman–Crippen MR) is 89.3 cm³/mol. The average Bonchev–Trinajstić information content (AvgIpc) is 2.80. The van der Waals surface area contributed by atoms with Crippen LogP contribution in [0.4, 0.5) is 5.13 Å². The van der Waals surface area contributed by atoms with E-state index in [1.807, 2.05) is 0 Å². The Bertz CT molecular complexity index is 514. The van der Waals surface area contributed by atoms with Gasteiger partial charge in [-0.15, -0.1) is 0 Å². The summed E-state index contributed by atoms with van der Waals surface area (Å²) in [7, 11) is 0. The van der Waals surface area contributed by atoms with Crippen molar-refractivity contribution in [2.24, 2.45) is 0 Å². The number of rotatable bonds is 4. The largest absolute Gasteiger partial charge is 0.347 e. The van der Waals surface area contributed by atoms with Crippen molar-refractivity contribution in [1.29, 1.82) is 0 Å². The molecule has 1 aromatic heterocycles. The molecule has 0 N–H and O–H groups in total. The van der Waals surface area contributed by atoms with Gasteiger partial charge in [0.1, 0.15) is 5.82 Å². The number of hydrogen-bond donors (Lipinski definition) is 0. The quantitative estimate of drug-likeness (QED) is 0.855. The van der Waals surface area contributed by atoms with E-state index < -0.39 is 0 Å². The summed E-state index contributed by atoms with van der Waals surface area (Å²) in [4.78, 5) is 21.2. The third-order valence-electron chi connectivity index (χ3n) is 4.97. The van der Waals surface area contributed by atoms with Gasteiger partial charge in [0.05, 0.1) is 0 Å². The number of aryl methyl sites for hydroxylation is 1. The van der Waals surface area contributed by atoms with E-state index in [0.29, 0.717) is 12.1 Å². The molecule has 0 unspecified atom stereocenters. The highest BCUT2D eigenvalue weighted by atomic mass is 32.1. The second-order valence-corrected chi connectivity index (χ2v) is 7.16. The number of hydrogen-bond acceptors (Lipinski definition) is 5. The molecule has 1 aromatic rings. The Balaban J connectivity index is 1.64. The van der Waals surface area contributed by atoms with Crippen LogP contribution in [0.25, 0.3) is 0 Å². The summed E-state index contributed by atoms with van der Waals surface area (Å²) in [5, 5.41) is 1.05. The number of carbonyl (C=O) groups is 1. The standard InChI is InChI=1S/C16H26N4OS/c1-3-15-17-16(22-18-15)19-10-5-8-14(9-11-19)20(12(2)21)13-6-4-7-13/h13-14H,3-11H2,1-2H3/t14-/m0/s1. The molecule has 0 spiro atoms. The third-order valence-corrected chi connectivity index (χ3v) is 5.78. The van der Waals surface area contributed by atoms with Crippen LogP contribution < -0.4 is 4.90 Å². The summed E-state index contributed by atoms with van der Waals surface area (Å²) in [6, 6.07) is 0.911. The van der Waals surface area contributed by atoms with E-state index in [-0.39, 0.29) is 5.91 Å². The van der Waals surface area contributed by atoms with Crippen molar-refractivity contribution in [3.8, 4) is 0 Å². The summed E-state index contributed by atoms with van der Waals surface area (Å²) in [5.41, 5.74) is 0. The summed E-state index contributed by atoms with van der Waals surface area (Å²) in [6.45, 7) is 5.84. The van der Waals surface area contributed by atoms with Gasteiger partial charge in [0.15, 0.2) is 0 Å². The normalized spacial score (nSPS) is 23.0. The van der Waals surface area contributed by atoms with Crippen molar-refractivity contribution in [2.45, 2.75) is 70.9 Å². The number of amides is 1. The van der Waals surface area contributed by atoms with Gasteiger partial charge in [-0.25, -0.2) is 4.98 Å². The predicted octanol–water partition coefficient (Wildman–Crippen LogP) is 2.86. The summed E-state index contributed by atoms with van der Waals surface area (Å²) in [5.74, 6) is 1.20. The zero-order chi connectivity index (χ0) is 15.5. The Hall–Kier alpha value is -1.17. The van der Waals surface area contributed by atoms with Crippen LogP contribution in [0.1, 0.15) is 58.2 Å². The van der Waals surface area contributed by atoms with Crippen LogP contribution >= 0.6 is 11.5 Å². The molecular weight excluding hydrogens is 296 g/mol. The van der Waals surface area contributed by atoms with Crippen LogP contribution in [0.5, 0.6) is 0 Å². The van der Waals surface area contributed by atoms with Gasteiger partial charge in [-0.2, -0.15) is 4.37 Å². The van der Waals surface area contributed by atoms with Gasteiger partial charge in [-0.3, -0.25) is 4.79 Å². The maximum Gasteiger partial charge on any atom is 0.219 e. The zero-order valence-corrected chi connectivity index (χ0v) is 14.4. The number of aromatic nitrogens is 2. The van der Waals surface area contributed by atoms with Crippen LogP contribution in [0.2, 0.25) is 0 Å². The molecule has 1 saturated heterocycles. The SMILES string of the molecule is CCc1nsc(N2CCC[C@H](N(C(C)=O)C3CCC3)CC2)n1. The Morgan fingerprint density at radius 2 is 1.95 bits per heavy atom. The van der Waals surface area contributed by atoms with E-state index in [1.165, 1.54) is 30.8 Å². The lowest BCUT2D eigenvalue weighted by atomic mass is 9.89. The Labute approximate surface area is 136 Å². The van der Waals surface area contributed by atoms with Gasteiger partial charge < -0.3 is 9.80 Å². The topological polar surface area (TPSA) is 49.3 Å². The van der Waals surface area contributed by atoms with Crippen LogP contribution in [0.3, 0.4) is 0 Å². The molecule has 5 nitrogen and oxygen atoms in total. The molecule has 1 aliphatic carbocycles. The average molecular weight is 322 g/mol. The van der Waals surface area contributed by atoms with Crippen LogP contribution in [0, 0.1) is 0 Å². The molecule has 2 aliphatic rings. The Kier molecular flexibility index (Phi) is 4.96. The van der Waals surface area contributed by atoms with Gasteiger partial charge in [0.25, 0.3) is 0 Å². The first-order chi connectivity index (χ1) is 10.7. The first-order valence-corrected chi connectivity index (χ1v) is 9.32. The third kappa shape index (κ3) is 3.26. The Morgan fingerprint density at radius 3 is 2.55 bits per heavy atom. The molecule has 1 atom stereocenters. The van der Waals surface area contributed by atoms with E-state index in [2.05, 4.69) is 26.1 Å². The highest BCUT2D eigenvalue weighted by Crippen LogP contribution is 2.31. The zero-order valence-electron chi connectivity index (χ0n) is 13.6. The summed E-state index contributed by atoms with van der Waals surface area (Å²) in [6.07, 6.45) is 7.85. The molecule has 0 radical (unpaired) electrons. The maximum absolute atomic E-state index is 12.1. The lowest BCUT2D eigenvalue weighted by molar-refractivity contribution is -0.136. The minimum Gasteiger partial charge on any atom is -0.347 e. The molecular formula is C16H26N4OS. The fraction of sp³-hybridized carbons (Fsp3) is 0.812. The van der Waals surface area contributed by atoms with E-state index in [4.69, 9.17) is 0 Å². The number of nitrogens with zero attached hydrogens (tertiary/aromatic N) is 4. The van der Waals surface area contributed by atoms with Crippen molar-refractivity contribution in [2.75, 3.05) is 18.0 Å². The van der Waals surface area contributed by atoms with Crippen molar-refractivity contribution >= 4 is 22.6 Å². The van der Waals surface area contributed by atoms with Crippen molar-refractivity contribution in [3.05, 3.63) is 5.82 Å². The molecule has 0 bridgehead atoms. The lowest BCUT2D eigenvalue weighted by Crippen LogP contribution is -2.49. The molecule has 2 fully saturated rings.